The zero-order valence-electron chi connectivity index (χ0n) is 25.4. The third-order valence-corrected chi connectivity index (χ3v) is 10.0. The fraction of sp³-hybridized carbons (Fsp3) is 0.235. The minimum atomic E-state index is -4.31. The minimum absolute atomic E-state index is 0.0311. The zero-order valence-corrected chi connectivity index (χ0v) is 29.2. The standard InChI is InChI=1S/C34H33Cl4N3O4S/c1-22(2)39-34(43)32(16-24-7-5-4-6-8-24)40(20-25-11-14-30(37)31(38)15-25)33(42)21-41(28-18-26(35)17-27(36)19-28)46(44,45)29-12-9-23(3)10-13-29/h4-15,17-19,22,32H,16,20-21H2,1-3H3,(H,39,43)/t32-/m1/s1. The van der Waals surface area contributed by atoms with Gasteiger partial charge in [0.05, 0.1) is 20.6 Å². The number of halogens is 4. The van der Waals surface area contributed by atoms with Crippen molar-refractivity contribution in [2.75, 3.05) is 10.8 Å². The van der Waals surface area contributed by atoms with Gasteiger partial charge in [-0.05, 0) is 74.4 Å². The summed E-state index contributed by atoms with van der Waals surface area (Å²) in [6.07, 6.45) is 0.167. The van der Waals surface area contributed by atoms with E-state index in [2.05, 4.69) is 5.32 Å². The van der Waals surface area contributed by atoms with E-state index in [4.69, 9.17) is 46.4 Å². The van der Waals surface area contributed by atoms with Crippen LogP contribution in [0.4, 0.5) is 5.69 Å². The van der Waals surface area contributed by atoms with E-state index in [9.17, 15) is 18.0 Å². The van der Waals surface area contributed by atoms with Gasteiger partial charge in [-0.3, -0.25) is 13.9 Å². The van der Waals surface area contributed by atoms with E-state index < -0.39 is 34.4 Å². The van der Waals surface area contributed by atoms with E-state index in [1.54, 1.807) is 30.3 Å². The lowest BCUT2D eigenvalue weighted by Crippen LogP contribution is -2.54. The summed E-state index contributed by atoms with van der Waals surface area (Å²) in [6.45, 7) is 4.76. The lowest BCUT2D eigenvalue weighted by molar-refractivity contribution is -0.140. The van der Waals surface area contributed by atoms with E-state index in [0.717, 1.165) is 15.4 Å². The third-order valence-electron chi connectivity index (χ3n) is 7.06. The second kappa shape index (κ2) is 15.5. The van der Waals surface area contributed by atoms with Crippen LogP contribution in [0.3, 0.4) is 0 Å². The lowest BCUT2D eigenvalue weighted by atomic mass is 10.0. The number of sulfonamides is 1. The van der Waals surface area contributed by atoms with Gasteiger partial charge in [0, 0.05) is 29.1 Å². The second-order valence-electron chi connectivity index (χ2n) is 11.1. The van der Waals surface area contributed by atoms with E-state index in [1.807, 2.05) is 51.1 Å². The SMILES string of the molecule is Cc1ccc(S(=O)(=O)N(CC(=O)N(Cc2ccc(Cl)c(Cl)c2)[C@H](Cc2ccccc2)C(=O)NC(C)C)c2cc(Cl)cc(Cl)c2)cc1. The van der Waals surface area contributed by atoms with Gasteiger partial charge in [0.1, 0.15) is 12.6 Å². The van der Waals surface area contributed by atoms with Crippen molar-refractivity contribution in [3.63, 3.8) is 0 Å². The molecule has 0 saturated carbocycles. The summed E-state index contributed by atoms with van der Waals surface area (Å²) >= 11 is 25.1. The van der Waals surface area contributed by atoms with Gasteiger partial charge < -0.3 is 10.2 Å². The molecule has 4 rings (SSSR count). The Balaban J connectivity index is 1.84. The van der Waals surface area contributed by atoms with Crippen molar-refractivity contribution >= 4 is 73.9 Å². The van der Waals surface area contributed by atoms with Gasteiger partial charge in [0.2, 0.25) is 11.8 Å². The summed E-state index contributed by atoms with van der Waals surface area (Å²) in [5, 5.41) is 3.89. The second-order valence-corrected chi connectivity index (χ2v) is 14.6. The number of nitrogens with zero attached hydrogens (tertiary/aromatic N) is 2. The molecule has 4 aromatic rings. The Labute approximate surface area is 290 Å². The van der Waals surface area contributed by atoms with E-state index in [0.29, 0.717) is 10.6 Å². The van der Waals surface area contributed by atoms with Gasteiger partial charge in [-0.1, -0.05) is 100 Å². The molecular formula is C34H33Cl4N3O4S. The van der Waals surface area contributed by atoms with Crippen LogP contribution in [0.25, 0.3) is 0 Å². The number of rotatable bonds is 12. The van der Waals surface area contributed by atoms with Crippen LogP contribution < -0.4 is 9.62 Å². The molecular weight excluding hydrogens is 688 g/mol. The molecule has 242 valence electrons. The fourth-order valence-electron chi connectivity index (χ4n) is 4.82. The molecule has 0 bridgehead atoms. The van der Waals surface area contributed by atoms with Gasteiger partial charge in [-0.15, -0.1) is 0 Å². The van der Waals surface area contributed by atoms with Crippen LogP contribution in [0.15, 0.2) is 95.9 Å². The van der Waals surface area contributed by atoms with Gasteiger partial charge in [-0.2, -0.15) is 0 Å². The highest BCUT2D eigenvalue weighted by molar-refractivity contribution is 7.92. The van der Waals surface area contributed by atoms with Crippen molar-refractivity contribution < 1.29 is 18.0 Å². The Morgan fingerprint density at radius 3 is 2.00 bits per heavy atom. The number of anilines is 1. The van der Waals surface area contributed by atoms with Crippen molar-refractivity contribution in [2.45, 2.75) is 50.7 Å². The van der Waals surface area contributed by atoms with Crippen LogP contribution in [-0.4, -0.2) is 43.8 Å². The number of hydrogen-bond acceptors (Lipinski definition) is 4. The largest absolute Gasteiger partial charge is 0.352 e. The maximum atomic E-state index is 14.5. The monoisotopic (exact) mass is 719 g/mol. The molecule has 0 unspecified atom stereocenters. The van der Waals surface area contributed by atoms with E-state index >= 15 is 0 Å². The Kier molecular flexibility index (Phi) is 12.0. The molecule has 0 heterocycles. The molecule has 2 amide bonds. The number of nitrogens with one attached hydrogen (secondary N) is 1. The quantitative estimate of drug-likeness (QED) is 0.161. The molecule has 46 heavy (non-hydrogen) atoms. The number of carbonyl (C=O) groups is 2. The van der Waals surface area contributed by atoms with Gasteiger partial charge in [0.25, 0.3) is 10.0 Å². The summed E-state index contributed by atoms with van der Waals surface area (Å²) in [4.78, 5) is 29.7. The van der Waals surface area contributed by atoms with Crippen LogP contribution in [-0.2, 0) is 32.6 Å². The molecule has 0 spiro atoms. The van der Waals surface area contributed by atoms with Crippen LogP contribution in [0.2, 0.25) is 20.1 Å². The summed E-state index contributed by atoms with van der Waals surface area (Å²) in [6, 6.07) is 23.5. The molecule has 0 aliphatic rings. The Bertz CT molecular complexity index is 1780. The van der Waals surface area contributed by atoms with Crippen LogP contribution in [0, 0.1) is 6.92 Å². The normalized spacial score (nSPS) is 12.1. The maximum Gasteiger partial charge on any atom is 0.264 e. The minimum Gasteiger partial charge on any atom is -0.352 e. The number of hydrogen-bond donors (Lipinski definition) is 1. The van der Waals surface area contributed by atoms with Crippen molar-refractivity contribution in [3.05, 3.63) is 128 Å². The smallest absolute Gasteiger partial charge is 0.264 e. The summed E-state index contributed by atoms with van der Waals surface area (Å²) in [5.41, 5.74) is 2.35. The molecule has 0 aliphatic carbocycles. The molecule has 4 aromatic carbocycles. The third kappa shape index (κ3) is 9.17. The lowest BCUT2D eigenvalue weighted by Gasteiger charge is -2.34. The first kappa shape index (κ1) is 35.6. The highest BCUT2D eigenvalue weighted by Gasteiger charge is 2.35. The number of benzene rings is 4. The maximum absolute atomic E-state index is 14.5. The number of carbonyl (C=O) groups excluding carboxylic acids is 2. The molecule has 0 radical (unpaired) electrons. The molecule has 1 atom stereocenters. The molecule has 12 heteroatoms. The predicted molar refractivity (Wildman–Crippen MR) is 186 cm³/mol. The highest BCUT2D eigenvalue weighted by Crippen LogP contribution is 2.31. The summed E-state index contributed by atoms with van der Waals surface area (Å²) < 4.78 is 29.3. The highest BCUT2D eigenvalue weighted by atomic mass is 35.5. The number of amides is 2. The Hall–Kier alpha value is -3.27. The topological polar surface area (TPSA) is 86.8 Å². The van der Waals surface area contributed by atoms with Gasteiger partial charge in [-0.25, -0.2) is 8.42 Å². The fourth-order valence-corrected chi connectivity index (χ4v) is 7.05. The van der Waals surface area contributed by atoms with Crippen molar-refractivity contribution in [1.82, 2.24) is 10.2 Å². The van der Waals surface area contributed by atoms with Crippen LogP contribution in [0.1, 0.15) is 30.5 Å². The average molecular weight is 722 g/mol. The van der Waals surface area contributed by atoms with Crippen molar-refractivity contribution in [2.24, 2.45) is 0 Å². The molecule has 0 saturated heterocycles. The van der Waals surface area contributed by atoms with Crippen molar-refractivity contribution in [3.8, 4) is 0 Å². The van der Waals surface area contributed by atoms with Crippen LogP contribution >= 0.6 is 46.4 Å². The molecule has 0 fully saturated rings. The Morgan fingerprint density at radius 1 is 0.783 bits per heavy atom. The van der Waals surface area contributed by atoms with Gasteiger partial charge >= 0.3 is 0 Å². The van der Waals surface area contributed by atoms with Crippen LogP contribution in [0.5, 0.6) is 0 Å². The predicted octanol–water partition coefficient (Wildman–Crippen LogP) is 7.97. The Morgan fingerprint density at radius 2 is 1.41 bits per heavy atom. The first-order valence-electron chi connectivity index (χ1n) is 14.4. The summed E-state index contributed by atoms with van der Waals surface area (Å²) in [5.74, 6) is -1.04. The average Bonchev–Trinajstić information content (AvgIpc) is 2.99. The first-order valence-corrected chi connectivity index (χ1v) is 17.3. The molecule has 7 nitrogen and oxygen atoms in total. The van der Waals surface area contributed by atoms with Crippen molar-refractivity contribution in [1.29, 1.82) is 0 Å². The zero-order chi connectivity index (χ0) is 33.6. The molecule has 0 aliphatic heterocycles. The van der Waals surface area contributed by atoms with Gasteiger partial charge in [0.15, 0.2) is 0 Å². The van der Waals surface area contributed by atoms with E-state index in [1.165, 1.54) is 35.2 Å². The molecule has 1 N–H and O–H groups in total. The van der Waals surface area contributed by atoms with E-state index in [-0.39, 0.29) is 44.7 Å². The summed E-state index contributed by atoms with van der Waals surface area (Å²) in [7, 11) is -4.31. The first-order chi connectivity index (χ1) is 21.7. The number of aryl methyl sites for hydroxylation is 1. The molecule has 0 aromatic heterocycles.